The van der Waals surface area contributed by atoms with Crippen molar-refractivity contribution in [2.24, 2.45) is 0 Å². The number of benzene rings is 3. The Morgan fingerprint density at radius 3 is 2.47 bits per heavy atom. The first-order valence-electron chi connectivity index (χ1n) is 8.81. The molecule has 150 valence electrons. The molecule has 0 atom stereocenters. The highest BCUT2D eigenvalue weighted by atomic mass is 79.9. The van der Waals surface area contributed by atoms with Crippen LogP contribution in [0, 0.1) is 11.3 Å². The topological polar surface area (TPSA) is 62.1 Å². The zero-order valence-electron chi connectivity index (χ0n) is 15.5. The third-order valence-corrected chi connectivity index (χ3v) is 5.72. The molecule has 0 saturated heterocycles. The molecular weight excluding hydrogens is 532 g/mol. The van der Waals surface area contributed by atoms with Crippen molar-refractivity contribution in [3.05, 3.63) is 97.4 Å². The van der Waals surface area contributed by atoms with Crippen LogP contribution in [0.3, 0.4) is 0 Å². The highest BCUT2D eigenvalue weighted by molar-refractivity contribution is 9.10. The summed E-state index contributed by atoms with van der Waals surface area (Å²) in [4.78, 5) is 12.4. The molecule has 0 aliphatic heterocycles. The van der Waals surface area contributed by atoms with Gasteiger partial charge in [0.2, 0.25) is 0 Å². The van der Waals surface area contributed by atoms with E-state index in [9.17, 15) is 10.1 Å². The second kappa shape index (κ2) is 10.4. The highest BCUT2D eigenvalue weighted by Crippen LogP contribution is 2.28. The predicted molar refractivity (Wildman–Crippen MR) is 126 cm³/mol. The molecule has 0 bridgehead atoms. The fourth-order valence-corrected chi connectivity index (χ4v) is 3.58. The number of carbonyl (C=O) groups excluding carboxylic acids is 1. The van der Waals surface area contributed by atoms with Gasteiger partial charge in [-0.2, -0.15) is 5.26 Å². The first kappa shape index (κ1) is 22.1. The van der Waals surface area contributed by atoms with Gasteiger partial charge in [0, 0.05) is 20.7 Å². The van der Waals surface area contributed by atoms with Gasteiger partial charge in [-0.05, 0) is 70.0 Å². The molecule has 1 N–H and O–H groups in total. The summed E-state index contributed by atoms with van der Waals surface area (Å²) in [6.07, 6.45) is 1.52. The van der Waals surface area contributed by atoms with E-state index in [0.29, 0.717) is 28.6 Å². The number of carbonyl (C=O) groups is 1. The molecule has 4 nitrogen and oxygen atoms in total. The van der Waals surface area contributed by atoms with Gasteiger partial charge in [-0.3, -0.25) is 4.79 Å². The second-order valence-corrected chi connectivity index (χ2v) is 8.35. The SMILES string of the molecule is N#C/C(=C\c1ccc(OCc2ccccc2Br)c(Br)c1)C(=O)Nc1ccc(Cl)cc1. The average molecular weight is 547 g/mol. The number of ether oxygens (including phenoxy) is 1. The van der Waals surface area contributed by atoms with E-state index in [1.807, 2.05) is 30.3 Å². The minimum absolute atomic E-state index is 0.0151. The number of amides is 1. The van der Waals surface area contributed by atoms with Crippen LogP contribution < -0.4 is 10.1 Å². The van der Waals surface area contributed by atoms with Gasteiger partial charge in [-0.25, -0.2) is 0 Å². The molecule has 0 saturated carbocycles. The molecule has 30 heavy (non-hydrogen) atoms. The Kier molecular flexibility index (Phi) is 7.69. The van der Waals surface area contributed by atoms with Crippen molar-refractivity contribution >= 4 is 61.1 Å². The third-order valence-electron chi connectivity index (χ3n) is 4.08. The Morgan fingerprint density at radius 2 is 1.80 bits per heavy atom. The van der Waals surface area contributed by atoms with E-state index in [1.165, 1.54) is 6.08 Å². The normalized spacial score (nSPS) is 10.9. The van der Waals surface area contributed by atoms with Gasteiger partial charge in [0.1, 0.15) is 24.0 Å². The Morgan fingerprint density at radius 1 is 1.07 bits per heavy atom. The molecular formula is C23H15Br2ClN2O2. The fourth-order valence-electron chi connectivity index (χ4n) is 2.54. The van der Waals surface area contributed by atoms with Crippen molar-refractivity contribution in [3.63, 3.8) is 0 Å². The quantitative estimate of drug-likeness (QED) is 0.268. The van der Waals surface area contributed by atoms with Gasteiger partial charge in [0.25, 0.3) is 5.91 Å². The lowest BCUT2D eigenvalue weighted by molar-refractivity contribution is -0.112. The molecule has 0 unspecified atom stereocenters. The number of anilines is 1. The van der Waals surface area contributed by atoms with Crippen LogP contribution in [-0.2, 0) is 11.4 Å². The van der Waals surface area contributed by atoms with Crippen LogP contribution in [0.25, 0.3) is 6.08 Å². The molecule has 1 amide bonds. The van der Waals surface area contributed by atoms with E-state index in [2.05, 4.69) is 37.2 Å². The van der Waals surface area contributed by atoms with Gasteiger partial charge in [0.05, 0.1) is 4.47 Å². The minimum atomic E-state index is -0.495. The second-order valence-electron chi connectivity index (χ2n) is 6.20. The maximum Gasteiger partial charge on any atom is 0.266 e. The molecule has 0 radical (unpaired) electrons. The van der Waals surface area contributed by atoms with Crippen molar-refractivity contribution in [2.45, 2.75) is 6.61 Å². The minimum Gasteiger partial charge on any atom is -0.488 e. The standard InChI is InChI=1S/C23H15Br2ClN2O2/c24-20-4-2-1-3-16(20)14-30-22-10-5-15(12-21(22)25)11-17(13-27)23(29)28-19-8-6-18(26)7-9-19/h1-12H,14H2,(H,28,29)/b17-11+. The average Bonchev–Trinajstić information content (AvgIpc) is 2.74. The first-order chi connectivity index (χ1) is 14.5. The Hall–Kier alpha value is -2.59. The van der Waals surface area contributed by atoms with E-state index in [0.717, 1.165) is 14.5 Å². The summed E-state index contributed by atoms with van der Waals surface area (Å²) in [7, 11) is 0. The summed E-state index contributed by atoms with van der Waals surface area (Å²) in [5, 5.41) is 12.6. The molecule has 3 rings (SSSR count). The van der Waals surface area contributed by atoms with Gasteiger partial charge in [0.15, 0.2) is 0 Å². The summed E-state index contributed by atoms with van der Waals surface area (Å²) < 4.78 is 7.57. The Labute approximate surface area is 196 Å². The number of rotatable bonds is 6. The summed E-state index contributed by atoms with van der Waals surface area (Å²) in [5.41, 5.74) is 2.26. The summed E-state index contributed by atoms with van der Waals surface area (Å²) in [5.74, 6) is 0.164. The summed E-state index contributed by atoms with van der Waals surface area (Å²) in [6, 6.07) is 21.8. The molecule has 3 aromatic rings. The number of halogens is 3. The molecule has 3 aromatic carbocycles. The number of hydrogen-bond donors (Lipinski definition) is 1. The zero-order valence-corrected chi connectivity index (χ0v) is 19.5. The maximum atomic E-state index is 12.4. The van der Waals surface area contributed by atoms with E-state index in [-0.39, 0.29) is 5.57 Å². The number of hydrogen-bond acceptors (Lipinski definition) is 3. The van der Waals surface area contributed by atoms with Crippen LogP contribution in [-0.4, -0.2) is 5.91 Å². The van der Waals surface area contributed by atoms with E-state index in [1.54, 1.807) is 42.5 Å². The molecule has 0 aliphatic rings. The zero-order chi connectivity index (χ0) is 21.5. The van der Waals surface area contributed by atoms with E-state index < -0.39 is 5.91 Å². The maximum absolute atomic E-state index is 12.4. The Bertz CT molecular complexity index is 1140. The molecule has 0 aromatic heterocycles. The molecule has 0 spiro atoms. The van der Waals surface area contributed by atoms with E-state index >= 15 is 0 Å². The van der Waals surface area contributed by atoms with Crippen LogP contribution in [0.4, 0.5) is 5.69 Å². The molecule has 0 fully saturated rings. The van der Waals surface area contributed by atoms with Crippen LogP contribution in [0.2, 0.25) is 5.02 Å². The summed E-state index contributed by atoms with van der Waals surface area (Å²) in [6.45, 7) is 0.405. The van der Waals surface area contributed by atoms with Crippen LogP contribution in [0.15, 0.2) is 81.2 Å². The largest absolute Gasteiger partial charge is 0.488 e. The van der Waals surface area contributed by atoms with Crippen molar-refractivity contribution in [3.8, 4) is 11.8 Å². The van der Waals surface area contributed by atoms with Gasteiger partial charge < -0.3 is 10.1 Å². The lowest BCUT2D eigenvalue weighted by Crippen LogP contribution is -2.13. The fraction of sp³-hybridized carbons (Fsp3) is 0.0435. The molecule has 0 aliphatic carbocycles. The first-order valence-corrected chi connectivity index (χ1v) is 10.8. The smallest absolute Gasteiger partial charge is 0.266 e. The number of nitriles is 1. The lowest BCUT2D eigenvalue weighted by atomic mass is 10.1. The van der Waals surface area contributed by atoms with Crippen LogP contribution in [0.5, 0.6) is 5.75 Å². The van der Waals surface area contributed by atoms with Gasteiger partial charge in [-0.15, -0.1) is 0 Å². The number of nitrogens with zero attached hydrogens (tertiary/aromatic N) is 1. The van der Waals surface area contributed by atoms with Crippen molar-refractivity contribution in [2.75, 3.05) is 5.32 Å². The molecule has 0 heterocycles. The predicted octanol–water partition coefficient (Wildman–Crippen LogP) is 6.99. The molecule has 7 heteroatoms. The Balaban J connectivity index is 1.71. The van der Waals surface area contributed by atoms with Crippen LogP contribution in [0.1, 0.15) is 11.1 Å². The van der Waals surface area contributed by atoms with Crippen molar-refractivity contribution < 1.29 is 9.53 Å². The van der Waals surface area contributed by atoms with Gasteiger partial charge >= 0.3 is 0 Å². The third kappa shape index (κ3) is 5.96. The van der Waals surface area contributed by atoms with Crippen molar-refractivity contribution in [1.29, 1.82) is 5.26 Å². The van der Waals surface area contributed by atoms with Gasteiger partial charge in [-0.1, -0.05) is 51.8 Å². The summed E-state index contributed by atoms with van der Waals surface area (Å²) >= 11 is 12.8. The van der Waals surface area contributed by atoms with E-state index in [4.69, 9.17) is 16.3 Å². The lowest BCUT2D eigenvalue weighted by Gasteiger charge is -2.10. The van der Waals surface area contributed by atoms with Crippen molar-refractivity contribution in [1.82, 2.24) is 0 Å². The number of nitrogens with one attached hydrogen (secondary N) is 1. The highest BCUT2D eigenvalue weighted by Gasteiger charge is 2.11. The van der Waals surface area contributed by atoms with Crippen LogP contribution >= 0.6 is 43.5 Å². The monoisotopic (exact) mass is 544 g/mol.